The molecule has 7 nitrogen and oxygen atoms in total. The van der Waals surface area contributed by atoms with Crippen LogP contribution >= 0.6 is 24.0 Å². The first-order valence-corrected chi connectivity index (χ1v) is 10.6. The molecule has 29 heavy (non-hydrogen) atoms. The predicted octanol–water partition coefficient (Wildman–Crippen LogP) is 2.22. The molecule has 0 amide bonds. The number of aromatic nitrogens is 1. The normalized spacial score (nSPS) is 23.0. The van der Waals surface area contributed by atoms with Gasteiger partial charge in [-0.1, -0.05) is 0 Å². The quantitative estimate of drug-likeness (QED) is 0.342. The zero-order chi connectivity index (χ0) is 19.2. The van der Waals surface area contributed by atoms with Crippen LogP contribution in [-0.4, -0.2) is 80.3 Å². The molecule has 1 saturated carbocycles. The second-order valence-electron chi connectivity index (χ2n) is 8.17. The summed E-state index contributed by atoms with van der Waals surface area (Å²) in [6.45, 7) is 8.72. The van der Waals surface area contributed by atoms with Crippen LogP contribution in [-0.2, 0) is 11.3 Å². The van der Waals surface area contributed by atoms with E-state index in [0.29, 0.717) is 5.92 Å². The second-order valence-corrected chi connectivity index (χ2v) is 8.17. The Hall–Kier alpha value is -1.13. The molecular weight excluding hydrogens is 481 g/mol. The van der Waals surface area contributed by atoms with Crippen LogP contribution in [0.1, 0.15) is 24.8 Å². The zero-order valence-corrected chi connectivity index (χ0v) is 19.7. The number of morpholine rings is 1. The van der Waals surface area contributed by atoms with Crippen molar-refractivity contribution in [2.75, 3.05) is 59.6 Å². The summed E-state index contributed by atoms with van der Waals surface area (Å²) in [5.74, 6) is 3.16. The Balaban J connectivity index is 0.00000240. The van der Waals surface area contributed by atoms with E-state index in [0.717, 1.165) is 70.3 Å². The van der Waals surface area contributed by atoms with Crippen LogP contribution in [0.25, 0.3) is 0 Å². The minimum absolute atomic E-state index is 0. The number of aliphatic imine (C=N–C) groups is 1. The van der Waals surface area contributed by atoms with Gasteiger partial charge in [0.2, 0.25) is 5.88 Å². The highest BCUT2D eigenvalue weighted by Crippen LogP contribution is 2.29. The maximum Gasteiger partial charge on any atom is 0.213 e. The third-order valence-electron chi connectivity index (χ3n) is 5.83. The van der Waals surface area contributed by atoms with E-state index >= 15 is 0 Å². The molecule has 0 spiro atoms. The van der Waals surface area contributed by atoms with Gasteiger partial charge >= 0.3 is 0 Å². The fraction of sp³-hybridized carbons (Fsp3) is 0.714. The Morgan fingerprint density at radius 3 is 2.83 bits per heavy atom. The largest absolute Gasteiger partial charge is 0.477 e. The van der Waals surface area contributed by atoms with Crippen molar-refractivity contribution in [3.05, 3.63) is 23.9 Å². The van der Waals surface area contributed by atoms with Crippen LogP contribution in [0, 0.1) is 11.8 Å². The standard InChI is InChI=1S/C21H33N5O2.HI/c1-22-21(26-7-5-19(15-26)14-25-8-10-27-11-9-25)24-13-18-4-6-23-20(12-18)28-16-17-2-3-17;/h4,6,12,17,19H,2-3,5,7-11,13-16H2,1H3,(H,22,24);1H. The third kappa shape index (κ3) is 6.96. The summed E-state index contributed by atoms with van der Waals surface area (Å²) in [6, 6.07) is 4.07. The van der Waals surface area contributed by atoms with Gasteiger partial charge in [0.1, 0.15) is 0 Å². The Labute approximate surface area is 191 Å². The Morgan fingerprint density at radius 2 is 2.07 bits per heavy atom. The molecule has 1 aromatic rings. The Kier molecular flexibility index (Phi) is 8.80. The van der Waals surface area contributed by atoms with E-state index in [1.165, 1.54) is 31.4 Å². The number of rotatable bonds is 7. The molecule has 1 aliphatic carbocycles. The molecule has 0 aromatic carbocycles. The van der Waals surface area contributed by atoms with Crippen molar-refractivity contribution in [2.24, 2.45) is 16.8 Å². The van der Waals surface area contributed by atoms with Crippen molar-refractivity contribution in [2.45, 2.75) is 25.8 Å². The Bertz CT molecular complexity index is 664. The van der Waals surface area contributed by atoms with E-state index < -0.39 is 0 Å². The summed E-state index contributed by atoms with van der Waals surface area (Å²) in [6.07, 6.45) is 5.64. The highest BCUT2D eigenvalue weighted by Gasteiger charge is 2.27. The molecule has 1 aromatic heterocycles. The maximum atomic E-state index is 5.80. The third-order valence-corrected chi connectivity index (χ3v) is 5.83. The number of ether oxygens (including phenoxy) is 2. The van der Waals surface area contributed by atoms with Crippen molar-refractivity contribution >= 4 is 29.9 Å². The van der Waals surface area contributed by atoms with Crippen molar-refractivity contribution in [1.82, 2.24) is 20.1 Å². The van der Waals surface area contributed by atoms with Gasteiger partial charge in [0.25, 0.3) is 0 Å². The van der Waals surface area contributed by atoms with Crippen molar-refractivity contribution in [3.8, 4) is 5.88 Å². The van der Waals surface area contributed by atoms with Gasteiger partial charge in [-0.25, -0.2) is 4.98 Å². The molecule has 4 rings (SSSR count). The number of likely N-dealkylation sites (tertiary alicyclic amines) is 1. The van der Waals surface area contributed by atoms with Crippen LogP contribution in [0.4, 0.5) is 0 Å². The van der Waals surface area contributed by atoms with E-state index in [1.54, 1.807) is 0 Å². The number of pyridine rings is 1. The average Bonchev–Trinajstić information content (AvgIpc) is 3.46. The van der Waals surface area contributed by atoms with Crippen LogP contribution in [0.2, 0.25) is 0 Å². The fourth-order valence-corrected chi connectivity index (χ4v) is 3.96. The van der Waals surface area contributed by atoms with Crippen molar-refractivity contribution in [3.63, 3.8) is 0 Å². The summed E-state index contributed by atoms with van der Waals surface area (Å²) >= 11 is 0. The van der Waals surface area contributed by atoms with Gasteiger partial charge < -0.3 is 19.7 Å². The van der Waals surface area contributed by atoms with Gasteiger partial charge in [-0.3, -0.25) is 9.89 Å². The van der Waals surface area contributed by atoms with Gasteiger partial charge in [-0.2, -0.15) is 0 Å². The van der Waals surface area contributed by atoms with Gasteiger partial charge in [0.05, 0.1) is 19.8 Å². The lowest BCUT2D eigenvalue weighted by atomic mass is 10.1. The number of halogens is 1. The maximum absolute atomic E-state index is 5.80. The lowest BCUT2D eigenvalue weighted by Gasteiger charge is -2.29. The molecule has 8 heteroatoms. The molecule has 2 aliphatic heterocycles. The van der Waals surface area contributed by atoms with Gasteiger partial charge in [-0.05, 0) is 42.7 Å². The smallest absolute Gasteiger partial charge is 0.213 e. The zero-order valence-electron chi connectivity index (χ0n) is 17.4. The topological polar surface area (TPSA) is 62.2 Å². The fourth-order valence-electron chi connectivity index (χ4n) is 3.96. The molecule has 1 atom stereocenters. The first-order valence-electron chi connectivity index (χ1n) is 10.6. The highest BCUT2D eigenvalue weighted by molar-refractivity contribution is 14.0. The van der Waals surface area contributed by atoms with E-state index in [1.807, 2.05) is 25.4 Å². The average molecular weight is 515 g/mol. The molecule has 3 heterocycles. The van der Waals surface area contributed by atoms with Crippen molar-refractivity contribution < 1.29 is 9.47 Å². The minimum Gasteiger partial charge on any atom is -0.477 e. The minimum atomic E-state index is 0. The van der Waals surface area contributed by atoms with E-state index in [9.17, 15) is 0 Å². The predicted molar refractivity (Wildman–Crippen MR) is 125 cm³/mol. The van der Waals surface area contributed by atoms with Crippen molar-refractivity contribution in [1.29, 1.82) is 0 Å². The van der Waals surface area contributed by atoms with E-state index in [2.05, 4.69) is 25.1 Å². The second kappa shape index (κ2) is 11.3. The van der Waals surface area contributed by atoms with E-state index in [4.69, 9.17) is 9.47 Å². The summed E-state index contributed by atoms with van der Waals surface area (Å²) in [4.78, 5) is 13.8. The van der Waals surface area contributed by atoms with Crippen LogP contribution in [0.5, 0.6) is 5.88 Å². The first-order chi connectivity index (χ1) is 13.8. The van der Waals surface area contributed by atoms with Crippen LogP contribution < -0.4 is 10.1 Å². The number of hydrogen-bond donors (Lipinski definition) is 1. The molecule has 1 unspecified atom stereocenters. The number of nitrogens with zero attached hydrogens (tertiary/aromatic N) is 4. The van der Waals surface area contributed by atoms with Crippen LogP contribution in [0.3, 0.4) is 0 Å². The number of guanidine groups is 1. The molecule has 3 aliphatic rings. The molecule has 0 radical (unpaired) electrons. The first kappa shape index (κ1) is 22.6. The number of nitrogens with one attached hydrogen (secondary N) is 1. The number of hydrogen-bond acceptors (Lipinski definition) is 5. The lowest BCUT2D eigenvalue weighted by molar-refractivity contribution is 0.0315. The molecule has 0 bridgehead atoms. The SMILES string of the molecule is CN=C(NCc1ccnc(OCC2CC2)c1)N1CCC(CN2CCOCC2)C1.I. The monoisotopic (exact) mass is 515 g/mol. The van der Waals surface area contributed by atoms with Crippen LogP contribution in [0.15, 0.2) is 23.3 Å². The lowest BCUT2D eigenvalue weighted by Crippen LogP contribution is -2.42. The summed E-state index contributed by atoms with van der Waals surface area (Å²) in [5.41, 5.74) is 1.17. The molecule has 2 saturated heterocycles. The molecule has 1 N–H and O–H groups in total. The summed E-state index contributed by atoms with van der Waals surface area (Å²) in [7, 11) is 1.87. The van der Waals surface area contributed by atoms with Gasteiger partial charge in [-0.15, -0.1) is 24.0 Å². The molecular formula is C21H34IN5O2. The van der Waals surface area contributed by atoms with Gasteiger partial charge in [0, 0.05) is 58.6 Å². The van der Waals surface area contributed by atoms with E-state index in [-0.39, 0.29) is 24.0 Å². The Morgan fingerprint density at radius 1 is 1.24 bits per heavy atom. The molecule has 162 valence electrons. The molecule has 3 fully saturated rings. The van der Waals surface area contributed by atoms with Gasteiger partial charge in [0.15, 0.2) is 5.96 Å². The highest BCUT2D eigenvalue weighted by atomic mass is 127. The summed E-state index contributed by atoms with van der Waals surface area (Å²) < 4.78 is 11.3. The summed E-state index contributed by atoms with van der Waals surface area (Å²) in [5, 5.41) is 3.52.